The van der Waals surface area contributed by atoms with Gasteiger partial charge in [0.25, 0.3) is 9.05 Å². The van der Waals surface area contributed by atoms with Crippen LogP contribution >= 0.6 is 10.7 Å². The van der Waals surface area contributed by atoms with Gasteiger partial charge in [-0.1, -0.05) is 0 Å². The number of halogens is 1. The van der Waals surface area contributed by atoms with E-state index in [9.17, 15) is 16.8 Å². The van der Waals surface area contributed by atoms with Crippen molar-refractivity contribution in [3.63, 3.8) is 0 Å². The zero-order valence-electron chi connectivity index (χ0n) is 11.1. The third-order valence-electron chi connectivity index (χ3n) is 2.92. The molecule has 1 N–H and O–H groups in total. The minimum atomic E-state index is -3.89. The molecule has 1 unspecified atom stereocenters. The fourth-order valence-corrected chi connectivity index (χ4v) is 3.83. The molecule has 2 rings (SSSR count). The van der Waals surface area contributed by atoms with E-state index < -0.39 is 25.1 Å². The molecule has 0 spiro atoms. The minimum absolute atomic E-state index is 0.0614. The van der Waals surface area contributed by atoms with Crippen molar-refractivity contribution in [2.45, 2.75) is 10.9 Å². The fourth-order valence-electron chi connectivity index (χ4n) is 1.91. The number of hydrogen-bond acceptors (Lipinski definition) is 6. The molecule has 0 saturated carbocycles. The smallest absolute Gasteiger partial charge is 0.261 e. The van der Waals surface area contributed by atoms with Crippen LogP contribution in [0, 0.1) is 0 Å². The Hall–Kier alpha value is -0.870. The van der Waals surface area contributed by atoms with Gasteiger partial charge in [0, 0.05) is 23.4 Å². The first kappa shape index (κ1) is 16.5. The Kier molecular flexibility index (Phi) is 4.79. The van der Waals surface area contributed by atoms with Crippen molar-refractivity contribution >= 4 is 29.8 Å². The van der Waals surface area contributed by atoms with E-state index in [1.54, 1.807) is 0 Å². The van der Waals surface area contributed by atoms with Crippen molar-refractivity contribution in [2.24, 2.45) is 0 Å². The van der Waals surface area contributed by atoms with Crippen molar-refractivity contribution in [3.05, 3.63) is 23.8 Å². The Morgan fingerprint density at radius 2 is 2.10 bits per heavy atom. The molecule has 1 heterocycles. The maximum atomic E-state index is 11.8. The molecule has 1 atom stereocenters. The molecule has 0 amide bonds. The second kappa shape index (κ2) is 6.09. The molecule has 0 fully saturated rings. The van der Waals surface area contributed by atoms with E-state index in [-0.39, 0.29) is 23.9 Å². The Morgan fingerprint density at radius 3 is 2.71 bits per heavy atom. The Balaban J connectivity index is 2.25. The molecule has 1 aliphatic heterocycles. The van der Waals surface area contributed by atoms with Crippen LogP contribution < -0.4 is 9.46 Å². The summed E-state index contributed by atoms with van der Waals surface area (Å²) in [6, 6.07) is 3.42. The van der Waals surface area contributed by atoms with Crippen LogP contribution in [0.2, 0.25) is 0 Å². The standard InChI is InChI=1S/C11H14ClNO6S2/c1-18-4-5-20(14,15)13-10-7-19-11-3-2-8(6-9(10)11)21(12,16)17/h2-3,6,10,13H,4-5,7H2,1H3. The highest BCUT2D eigenvalue weighted by molar-refractivity contribution is 8.13. The van der Waals surface area contributed by atoms with Crippen LogP contribution in [0.25, 0.3) is 0 Å². The average Bonchev–Trinajstić information content (AvgIpc) is 2.77. The molecule has 1 aromatic rings. The first-order valence-electron chi connectivity index (χ1n) is 5.93. The number of rotatable bonds is 6. The number of hydrogen-bond donors (Lipinski definition) is 1. The molecular formula is C11H14ClNO6S2. The molecule has 118 valence electrons. The van der Waals surface area contributed by atoms with Crippen LogP contribution in [0.1, 0.15) is 11.6 Å². The van der Waals surface area contributed by atoms with Crippen LogP contribution in [-0.2, 0) is 23.8 Å². The molecule has 0 aromatic heterocycles. The van der Waals surface area contributed by atoms with Crippen molar-refractivity contribution in [3.8, 4) is 5.75 Å². The highest BCUT2D eigenvalue weighted by atomic mass is 35.7. The van der Waals surface area contributed by atoms with Gasteiger partial charge in [-0.3, -0.25) is 0 Å². The van der Waals surface area contributed by atoms with Gasteiger partial charge in [-0.2, -0.15) is 0 Å². The van der Waals surface area contributed by atoms with Gasteiger partial charge >= 0.3 is 0 Å². The van der Waals surface area contributed by atoms with E-state index in [0.29, 0.717) is 11.3 Å². The topological polar surface area (TPSA) is 98.8 Å². The van der Waals surface area contributed by atoms with E-state index >= 15 is 0 Å². The van der Waals surface area contributed by atoms with Crippen molar-refractivity contribution in [1.29, 1.82) is 0 Å². The van der Waals surface area contributed by atoms with Gasteiger partial charge in [-0.25, -0.2) is 21.6 Å². The third-order valence-corrected chi connectivity index (χ3v) is 5.62. The van der Waals surface area contributed by atoms with Crippen molar-refractivity contribution < 1.29 is 26.3 Å². The number of fused-ring (bicyclic) bond motifs is 1. The Bertz CT molecular complexity index is 731. The number of nitrogens with one attached hydrogen (secondary N) is 1. The second-order valence-electron chi connectivity index (χ2n) is 4.43. The lowest BCUT2D eigenvalue weighted by molar-refractivity contribution is 0.216. The molecule has 10 heteroatoms. The van der Waals surface area contributed by atoms with Crippen LogP contribution in [0.4, 0.5) is 0 Å². The van der Waals surface area contributed by atoms with E-state index in [0.717, 1.165) is 0 Å². The van der Waals surface area contributed by atoms with Gasteiger partial charge in [-0.15, -0.1) is 0 Å². The van der Waals surface area contributed by atoms with Crippen molar-refractivity contribution in [1.82, 2.24) is 4.72 Å². The number of methoxy groups -OCH3 is 1. The first-order valence-corrected chi connectivity index (χ1v) is 9.89. The maximum Gasteiger partial charge on any atom is 0.261 e. The highest BCUT2D eigenvalue weighted by Crippen LogP contribution is 2.35. The predicted molar refractivity (Wildman–Crippen MR) is 76.5 cm³/mol. The van der Waals surface area contributed by atoms with E-state index in [2.05, 4.69) is 4.72 Å². The van der Waals surface area contributed by atoms with Crippen molar-refractivity contribution in [2.75, 3.05) is 26.1 Å². The summed E-state index contributed by atoms with van der Waals surface area (Å²) in [6.45, 7) is 0.152. The minimum Gasteiger partial charge on any atom is -0.491 e. The number of ether oxygens (including phenoxy) is 2. The summed E-state index contributed by atoms with van der Waals surface area (Å²) >= 11 is 0. The quantitative estimate of drug-likeness (QED) is 0.751. The average molecular weight is 356 g/mol. The summed E-state index contributed by atoms with van der Waals surface area (Å²) in [7, 11) is -0.752. The molecule has 7 nitrogen and oxygen atoms in total. The summed E-state index contributed by atoms with van der Waals surface area (Å²) in [6.07, 6.45) is 0. The predicted octanol–water partition coefficient (Wildman–Crippen LogP) is 0.613. The highest BCUT2D eigenvalue weighted by Gasteiger charge is 2.29. The molecule has 0 saturated heterocycles. The Morgan fingerprint density at radius 1 is 1.38 bits per heavy atom. The summed E-state index contributed by atoms with van der Waals surface area (Å²) in [4.78, 5) is -0.102. The van der Waals surface area contributed by atoms with Crippen LogP contribution in [-0.4, -0.2) is 42.9 Å². The molecule has 1 aromatic carbocycles. The van der Waals surface area contributed by atoms with E-state index in [4.69, 9.17) is 20.2 Å². The molecular weight excluding hydrogens is 342 g/mol. The van der Waals surface area contributed by atoms with Gasteiger partial charge in [0.15, 0.2) is 0 Å². The lowest BCUT2D eigenvalue weighted by atomic mass is 10.1. The summed E-state index contributed by atoms with van der Waals surface area (Å²) in [5.74, 6) is 0.238. The SMILES string of the molecule is COCCS(=O)(=O)NC1COc2ccc(S(=O)(=O)Cl)cc21. The van der Waals surface area contributed by atoms with Crippen LogP contribution in [0.3, 0.4) is 0 Å². The summed E-state index contributed by atoms with van der Waals surface area (Å²) in [5, 5.41) is 0. The zero-order valence-corrected chi connectivity index (χ0v) is 13.5. The van der Waals surface area contributed by atoms with Crippen LogP contribution in [0.15, 0.2) is 23.1 Å². The normalized spacial score (nSPS) is 18.3. The molecule has 0 aliphatic carbocycles. The Labute approximate surface area is 127 Å². The lowest BCUT2D eigenvalue weighted by Gasteiger charge is -2.12. The fraction of sp³-hybridized carbons (Fsp3) is 0.455. The molecule has 0 bridgehead atoms. The first-order chi connectivity index (χ1) is 9.73. The van der Waals surface area contributed by atoms with Gasteiger partial charge in [-0.05, 0) is 18.2 Å². The van der Waals surface area contributed by atoms with Gasteiger partial charge in [0.05, 0.1) is 23.3 Å². The molecule has 1 aliphatic rings. The van der Waals surface area contributed by atoms with Gasteiger partial charge in [0.2, 0.25) is 10.0 Å². The number of sulfonamides is 1. The monoisotopic (exact) mass is 355 g/mol. The molecule has 0 radical (unpaired) electrons. The largest absolute Gasteiger partial charge is 0.491 e. The van der Waals surface area contributed by atoms with E-state index in [1.165, 1.54) is 25.3 Å². The number of benzene rings is 1. The summed E-state index contributed by atoms with van der Waals surface area (Å²) in [5.41, 5.74) is 0.442. The third kappa shape index (κ3) is 4.07. The zero-order chi connectivity index (χ0) is 15.7. The summed E-state index contributed by atoms with van der Waals surface area (Å²) < 4.78 is 58.9. The lowest BCUT2D eigenvalue weighted by Crippen LogP contribution is -2.32. The van der Waals surface area contributed by atoms with Gasteiger partial charge < -0.3 is 9.47 Å². The van der Waals surface area contributed by atoms with Gasteiger partial charge in [0.1, 0.15) is 12.4 Å². The van der Waals surface area contributed by atoms with Crippen LogP contribution in [0.5, 0.6) is 5.75 Å². The molecule has 21 heavy (non-hydrogen) atoms. The maximum absolute atomic E-state index is 11.8. The van der Waals surface area contributed by atoms with E-state index in [1.807, 2.05) is 0 Å². The second-order valence-corrected chi connectivity index (χ2v) is 8.87.